The van der Waals surface area contributed by atoms with Gasteiger partial charge < -0.3 is 19.6 Å². The van der Waals surface area contributed by atoms with Crippen molar-refractivity contribution < 1.29 is 14.3 Å². The summed E-state index contributed by atoms with van der Waals surface area (Å²) in [5, 5.41) is 12.8. The number of oxazole rings is 1. The fourth-order valence-corrected chi connectivity index (χ4v) is 1.62. The van der Waals surface area contributed by atoms with E-state index >= 15 is 0 Å². The molecule has 0 amide bonds. The standard InChI is InChI=1S/C13H16N2O3/c1-9-6-15-13(18-9)8-14-7-10-5-11(17-2)3-4-12(10)16/h3-6,14,16H,7-8H2,1-2H3. The van der Waals surface area contributed by atoms with Gasteiger partial charge in [-0.25, -0.2) is 4.98 Å². The van der Waals surface area contributed by atoms with Crippen LogP contribution in [0.4, 0.5) is 0 Å². The van der Waals surface area contributed by atoms with Crippen LogP contribution in [0.3, 0.4) is 0 Å². The first kappa shape index (κ1) is 12.4. The zero-order valence-corrected chi connectivity index (χ0v) is 10.4. The second kappa shape index (κ2) is 5.55. The number of aryl methyl sites for hydroxylation is 1. The lowest BCUT2D eigenvalue weighted by Crippen LogP contribution is -2.13. The molecular formula is C13H16N2O3. The van der Waals surface area contributed by atoms with Gasteiger partial charge in [-0.15, -0.1) is 0 Å². The Morgan fingerprint density at radius 3 is 2.89 bits per heavy atom. The predicted molar refractivity (Wildman–Crippen MR) is 66.4 cm³/mol. The number of nitrogens with zero attached hydrogens (tertiary/aromatic N) is 1. The Morgan fingerprint density at radius 1 is 1.39 bits per heavy atom. The number of methoxy groups -OCH3 is 1. The number of phenols is 1. The summed E-state index contributed by atoms with van der Waals surface area (Å²) in [6.45, 7) is 2.89. The molecule has 1 aromatic carbocycles. The van der Waals surface area contributed by atoms with Crippen molar-refractivity contribution in [3.05, 3.63) is 41.6 Å². The second-order valence-electron chi connectivity index (χ2n) is 3.96. The maximum atomic E-state index is 9.70. The molecular weight excluding hydrogens is 232 g/mol. The first-order chi connectivity index (χ1) is 8.69. The van der Waals surface area contributed by atoms with Gasteiger partial charge in [0.05, 0.1) is 19.9 Å². The van der Waals surface area contributed by atoms with Crippen molar-refractivity contribution >= 4 is 0 Å². The molecule has 2 aromatic rings. The molecule has 0 saturated heterocycles. The van der Waals surface area contributed by atoms with Gasteiger partial charge in [-0.3, -0.25) is 0 Å². The highest BCUT2D eigenvalue weighted by Crippen LogP contribution is 2.22. The van der Waals surface area contributed by atoms with E-state index in [0.29, 0.717) is 19.0 Å². The van der Waals surface area contributed by atoms with Crippen molar-refractivity contribution in [2.24, 2.45) is 0 Å². The van der Waals surface area contributed by atoms with E-state index < -0.39 is 0 Å². The molecule has 1 aromatic heterocycles. The molecule has 18 heavy (non-hydrogen) atoms. The van der Waals surface area contributed by atoms with Crippen LogP contribution in [0.2, 0.25) is 0 Å². The third-order valence-electron chi connectivity index (χ3n) is 2.55. The van der Waals surface area contributed by atoms with Crippen LogP contribution >= 0.6 is 0 Å². The molecule has 5 nitrogen and oxygen atoms in total. The fourth-order valence-electron chi connectivity index (χ4n) is 1.62. The Morgan fingerprint density at radius 2 is 2.22 bits per heavy atom. The molecule has 0 radical (unpaired) electrons. The van der Waals surface area contributed by atoms with Crippen LogP contribution in [0, 0.1) is 6.92 Å². The van der Waals surface area contributed by atoms with E-state index in [-0.39, 0.29) is 5.75 Å². The Labute approximate surface area is 105 Å². The number of benzene rings is 1. The van der Waals surface area contributed by atoms with Crippen LogP contribution < -0.4 is 10.1 Å². The van der Waals surface area contributed by atoms with E-state index in [9.17, 15) is 5.11 Å². The molecule has 0 aliphatic heterocycles. The Balaban J connectivity index is 1.93. The van der Waals surface area contributed by atoms with E-state index in [1.165, 1.54) is 0 Å². The average molecular weight is 248 g/mol. The quantitative estimate of drug-likeness (QED) is 0.847. The lowest BCUT2D eigenvalue weighted by Gasteiger charge is -2.07. The molecule has 0 unspecified atom stereocenters. The van der Waals surface area contributed by atoms with Gasteiger partial charge in [-0.05, 0) is 25.1 Å². The van der Waals surface area contributed by atoms with Gasteiger partial charge in [0.1, 0.15) is 17.3 Å². The van der Waals surface area contributed by atoms with Gasteiger partial charge in [0.2, 0.25) is 5.89 Å². The van der Waals surface area contributed by atoms with Crippen molar-refractivity contribution in [1.82, 2.24) is 10.3 Å². The lowest BCUT2D eigenvalue weighted by atomic mass is 10.2. The molecule has 0 bridgehead atoms. The Hall–Kier alpha value is -2.01. The van der Waals surface area contributed by atoms with Crippen molar-refractivity contribution in [1.29, 1.82) is 0 Å². The van der Waals surface area contributed by atoms with E-state index in [4.69, 9.17) is 9.15 Å². The summed E-state index contributed by atoms with van der Waals surface area (Å²) in [4.78, 5) is 4.09. The summed E-state index contributed by atoms with van der Waals surface area (Å²) in [6, 6.07) is 5.13. The Bertz CT molecular complexity index is 523. The number of ether oxygens (including phenoxy) is 1. The zero-order chi connectivity index (χ0) is 13.0. The van der Waals surface area contributed by atoms with Gasteiger partial charge in [0.25, 0.3) is 0 Å². The third kappa shape index (κ3) is 3.01. The minimum absolute atomic E-state index is 0.242. The maximum Gasteiger partial charge on any atom is 0.208 e. The van der Waals surface area contributed by atoms with Crippen LogP contribution in [-0.4, -0.2) is 17.2 Å². The van der Waals surface area contributed by atoms with E-state index in [2.05, 4.69) is 10.3 Å². The van der Waals surface area contributed by atoms with E-state index in [0.717, 1.165) is 17.1 Å². The van der Waals surface area contributed by atoms with Crippen molar-refractivity contribution in [2.75, 3.05) is 7.11 Å². The summed E-state index contributed by atoms with van der Waals surface area (Å²) in [7, 11) is 1.60. The largest absolute Gasteiger partial charge is 0.508 e. The molecule has 0 atom stereocenters. The van der Waals surface area contributed by atoms with Crippen LogP contribution in [-0.2, 0) is 13.1 Å². The fraction of sp³-hybridized carbons (Fsp3) is 0.308. The van der Waals surface area contributed by atoms with Gasteiger partial charge in [-0.1, -0.05) is 0 Å². The van der Waals surface area contributed by atoms with Crippen LogP contribution in [0.1, 0.15) is 17.2 Å². The van der Waals surface area contributed by atoms with E-state index in [1.807, 2.05) is 6.92 Å². The van der Waals surface area contributed by atoms with Crippen molar-refractivity contribution in [3.63, 3.8) is 0 Å². The third-order valence-corrected chi connectivity index (χ3v) is 2.55. The minimum Gasteiger partial charge on any atom is -0.508 e. The number of rotatable bonds is 5. The molecule has 2 rings (SSSR count). The molecule has 0 spiro atoms. The van der Waals surface area contributed by atoms with Gasteiger partial charge in [0, 0.05) is 12.1 Å². The van der Waals surface area contributed by atoms with Gasteiger partial charge in [-0.2, -0.15) is 0 Å². The molecule has 2 N–H and O–H groups in total. The maximum absolute atomic E-state index is 9.70. The number of hydrogen-bond acceptors (Lipinski definition) is 5. The SMILES string of the molecule is COc1ccc(O)c(CNCc2ncc(C)o2)c1. The number of phenolic OH excluding ortho intramolecular Hbond substituents is 1. The normalized spacial score (nSPS) is 10.6. The smallest absolute Gasteiger partial charge is 0.208 e. The van der Waals surface area contributed by atoms with Crippen LogP contribution in [0.15, 0.2) is 28.8 Å². The lowest BCUT2D eigenvalue weighted by molar-refractivity contribution is 0.409. The minimum atomic E-state index is 0.242. The van der Waals surface area contributed by atoms with Gasteiger partial charge in [0.15, 0.2) is 0 Å². The molecule has 0 saturated carbocycles. The molecule has 1 heterocycles. The first-order valence-electron chi connectivity index (χ1n) is 5.67. The summed E-state index contributed by atoms with van der Waals surface area (Å²) in [5.74, 6) is 2.38. The first-order valence-corrected chi connectivity index (χ1v) is 5.67. The topological polar surface area (TPSA) is 67.5 Å². The summed E-state index contributed by atoms with van der Waals surface area (Å²) >= 11 is 0. The number of aromatic nitrogens is 1. The molecule has 5 heteroatoms. The molecule has 96 valence electrons. The number of nitrogens with one attached hydrogen (secondary N) is 1. The highest BCUT2D eigenvalue weighted by Gasteiger charge is 2.04. The van der Waals surface area contributed by atoms with Crippen molar-refractivity contribution in [3.8, 4) is 11.5 Å². The van der Waals surface area contributed by atoms with E-state index in [1.54, 1.807) is 31.5 Å². The summed E-state index contributed by atoms with van der Waals surface area (Å²) in [6.07, 6.45) is 1.68. The average Bonchev–Trinajstić information content (AvgIpc) is 2.77. The summed E-state index contributed by atoms with van der Waals surface area (Å²) < 4.78 is 10.4. The monoisotopic (exact) mass is 248 g/mol. The predicted octanol–water partition coefficient (Wildman–Crippen LogP) is 1.99. The van der Waals surface area contributed by atoms with Crippen LogP contribution in [0.5, 0.6) is 11.5 Å². The number of hydrogen-bond donors (Lipinski definition) is 2. The molecule has 0 fully saturated rings. The zero-order valence-electron chi connectivity index (χ0n) is 10.4. The van der Waals surface area contributed by atoms with Crippen molar-refractivity contribution in [2.45, 2.75) is 20.0 Å². The highest BCUT2D eigenvalue weighted by atomic mass is 16.5. The van der Waals surface area contributed by atoms with Crippen LogP contribution in [0.25, 0.3) is 0 Å². The number of aromatic hydroxyl groups is 1. The molecule has 0 aliphatic carbocycles. The van der Waals surface area contributed by atoms with Gasteiger partial charge >= 0.3 is 0 Å². The highest BCUT2D eigenvalue weighted by molar-refractivity contribution is 5.39. The molecule has 0 aliphatic rings. The Kier molecular flexibility index (Phi) is 3.84. The second-order valence-corrected chi connectivity index (χ2v) is 3.96. The summed E-state index contributed by atoms with van der Waals surface area (Å²) in [5.41, 5.74) is 0.776.